The average molecular weight is 501 g/mol. The number of hydrogen-bond donors (Lipinski definition) is 2. The zero-order valence-corrected chi connectivity index (χ0v) is 21.2. The third-order valence-corrected chi connectivity index (χ3v) is 7.93. The second-order valence-electron chi connectivity index (χ2n) is 10.2. The monoisotopic (exact) mass is 500 g/mol. The molecule has 0 unspecified atom stereocenters. The maximum atomic E-state index is 13.4. The van der Waals surface area contributed by atoms with Gasteiger partial charge in [-0.1, -0.05) is 26.8 Å². The second-order valence-corrected chi connectivity index (χ2v) is 11.3. The number of benzene rings is 1. The molecule has 2 heterocycles. The van der Waals surface area contributed by atoms with Crippen molar-refractivity contribution in [2.75, 3.05) is 43.5 Å². The molecule has 4 rings (SSSR count). The summed E-state index contributed by atoms with van der Waals surface area (Å²) in [4.78, 5) is 40.1. The normalized spacial score (nSPS) is 18.5. The Hall–Kier alpha value is -2.82. The van der Waals surface area contributed by atoms with Crippen LogP contribution in [0.15, 0.2) is 24.3 Å². The number of non-ortho nitro benzene ring substituents is 1. The van der Waals surface area contributed by atoms with E-state index in [0.717, 1.165) is 29.7 Å². The van der Waals surface area contributed by atoms with Crippen LogP contribution >= 0.6 is 11.3 Å². The van der Waals surface area contributed by atoms with Crippen molar-refractivity contribution < 1.29 is 19.2 Å². The number of thiophene rings is 1. The molecule has 1 aliphatic heterocycles. The number of nitro groups is 1. The predicted octanol–water partition coefficient (Wildman–Crippen LogP) is 4.33. The molecule has 0 spiro atoms. The zero-order chi connectivity index (χ0) is 25.2. The first-order chi connectivity index (χ1) is 16.6. The van der Waals surface area contributed by atoms with Gasteiger partial charge in [0, 0.05) is 35.8 Å². The maximum absolute atomic E-state index is 13.4. The SMILES string of the molecule is CC(C)(C)[C@H]1CCc2c(sc(NC(=O)CN3CCOCC3)c2C(=O)Nc2cccc([N+](=O)[O-])c2)C1. The molecule has 35 heavy (non-hydrogen) atoms. The zero-order valence-electron chi connectivity index (χ0n) is 20.4. The van der Waals surface area contributed by atoms with E-state index < -0.39 is 4.92 Å². The fraction of sp³-hybridized carbons (Fsp3) is 0.520. The highest BCUT2D eigenvalue weighted by Crippen LogP contribution is 2.44. The molecule has 2 aromatic rings. The number of anilines is 2. The molecular formula is C25H32N4O5S. The number of nitrogens with zero attached hydrogens (tertiary/aromatic N) is 2. The van der Waals surface area contributed by atoms with Gasteiger partial charge >= 0.3 is 0 Å². The van der Waals surface area contributed by atoms with Crippen LogP contribution in [-0.4, -0.2) is 54.5 Å². The lowest BCUT2D eigenvalue weighted by Crippen LogP contribution is -2.41. The van der Waals surface area contributed by atoms with E-state index in [1.807, 2.05) is 4.90 Å². The van der Waals surface area contributed by atoms with Gasteiger partial charge in [0.05, 0.1) is 30.2 Å². The molecule has 0 saturated carbocycles. The van der Waals surface area contributed by atoms with Crippen LogP contribution in [0.3, 0.4) is 0 Å². The largest absolute Gasteiger partial charge is 0.379 e. The Morgan fingerprint density at radius 1 is 1.23 bits per heavy atom. The summed E-state index contributed by atoms with van der Waals surface area (Å²) >= 11 is 1.47. The van der Waals surface area contributed by atoms with Crippen LogP contribution in [0.25, 0.3) is 0 Å². The van der Waals surface area contributed by atoms with Crippen LogP contribution in [0.5, 0.6) is 0 Å². The van der Waals surface area contributed by atoms with Gasteiger partial charge in [0.1, 0.15) is 5.00 Å². The third kappa shape index (κ3) is 6.06. The van der Waals surface area contributed by atoms with Gasteiger partial charge in [-0.25, -0.2) is 0 Å². The molecule has 2 aliphatic rings. The summed E-state index contributed by atoms with van der Waals surface area (Å²) in [6.45, 7) is 9.54. The van der Waals surface area contributed by atoms with Gasteiger partial charge in [0.2, 0.25) is 5.91 Å². The van der Waals surface area contributed by atoms with Crippen LogP contribution in [0.2, 0.25) is 0 Å². The van der Waals surface area contributed by atoms with Crippen LogP contribution < -0.4 is 10.6 Å². The molecule has 1 atom stereocenters. The number of fused-ring (bicyclic) bond motifs is 1. The van der Waals surface area contributed by atoms with Crippen molar-refractivity contribution >= 4 is 39.5 Å². The Morgan fingerprint density at radius 3 is 2.66 bits per heavy atom. The van der Waals surface area contributed by atoms with Gasteiger partial charge in [0.25, 0.3) is 11.6 Å². The van der Waals surface area contributed by atoms with Crippen molar-refractivity contribution in [1.82, 2.24) is 4.90 Å². The summed E-state index contributed by atoms with van der Waals surface area (Å²) in [6, 6.07) is 5.88. The number of rotatable bonds is 6. The molecule has 1 fully saturated rings. The van der Waals surface area contributed by atoms with Crippen LogP contribution in [0.4, 0.5) is 16.4 Å². The minimum Gasteiger partial charge on any atom is -0.379 e. The molecule has 2 amide bonds. The third-order valence-electron chi connectivity index (χ3n) is 6.76. The van der Waals surface area contributed by atoms with Gasteiger partial charge in [0.15, 0.2) is 0 Å². The highest BCUT2D eigenvalue weighted by atomic mass is 32.1. The van der Waals surface area contributed by atoms with E-state index in [4.69, 9.17) is 4.74 Å². The average Bonchev–Trinajstić information content (AvgIpc) is 3.16. The Bertz CT molecular complexity index is 1120. The quantitative estimate of drug-likeness (QED) is 0.451. The molecule has 1 aromatic carbocycles. The van der Waals surface area contributed by atoms with E-state index in [9.17, 15) is 19.7 Å². The lowest BCUT2D eigenvalue weighted by molar-refractivity contribution is -0.384. The standard InChI is InChI=1S/C25H32N4O5S/c1-25(2,3)16-7-8-19-20(13-16)35-24(27-21(30)15-28-9-11-34-12-10-28)22(19)23(31)26-17-5-4-6-18(14-17)29(32)33/h4-6,14,16H,7-13,15H2,1-3H3,(H,26,31)(H,27,30)/t16-/m0/s1. The second kappa shape index (κ2) is 10.4. The van der Waals surface area contributed by atoms with Gasteiger partial charge < -0.3 is 15.4 Å². The van der Waals surface area contributed by atoms with Crippen molar-refractivity contribution in [3.05, 3.63) is 50.4 Å². The summed E-state index contributed by atoms with van der Waals surface area (Å²) in [7, 11) is 0. The van der Waals surface area contributed by atoms with E-state index in [1.165, 1.54) is 29.5 Å². The van der Waals surface area contributed by atoms with Gasteiger partial charge in [-0.3, -0.25) is 24.6 Å². The lowest BCUT2D eigenvalue weighted by Gasteiger charge is -2.33. The Labute approximate surface area is 209 Å². The molecule has 188 valence electrons. The summed E-state index contributed by atoms with van der Waals surface area (Å²) in [6.07, 6.45) is 2.58. The number of amides is 2. The molecule has 1 aliphatic carbocycles. The highest BCUT2D eigenvalue weighted by molar-refractivity contribution is 7.17. The fourth-order valence-corrected chi connectivity index (χ4v) is 6.01. The van der Waals surface area contributed by atoms with Gasteiger partial charge in [-0.05, 0) is 42.2 Å². The van der Waals surface area contributed by atoms with Crippen molar-refractivity contribution in [2.24, 2.45) is 11.3 Å². The lowest BCUT2D eigenvalue weighted by atomic mass is 9.72. The van der Waals surface area contributed by atoms with Crippen molar-refractivity contribution in [3.8, 4) is 0 Å². The topological polar surface area (TPSA) is 114 Å². The van der Waals surface area contributed by atoms with Crippen molar-refractivity contribution in [1.29, 1.82) is 0 Å². The van der Waals surface area contributed by atoms with E-state index in [1.54, 1.807) is 6.07 Å². The minimum absolute atomic E-state index is 0.0952. The molecule has 0 bridgehead atoms. The molecule has 1 aromatic heterocycles. The maximum Gasteiger partial charge on any atom is 0.271 e. The van der Waals surface area contributed by atoms with Crippen molar-refractivity contribution in [2.45, 2.75) is 40.0 Å². The molecular weight excluding hydrogens is 468 g/mol. The molecule has 0 radical (unpaired) electrons. The van der Waals surface area contributed by atoms with Crippen LogP contribution in [0, 0.1) is 21.4 Å². The molecule has 1 saturated heterocycles. The number of morpholine rings is 1. The Kier molecular flexibility index (Phi) is 7.53. The Morgan fingerprint density at radius 2 is 1.97 bits per heavy atom. The van der Waals surface area contributed by atoms with E-state index in [-0.39, 0.29) is 29.5 Å². The van der Waals surface area contributed by atoms with Crippen LogP contribution in [0.1, 0.15) is 48.0 Å². The first-order valence-electron chi connectivity index (χ1n) is 11.9. The number of nitrogens with one attached hydrogen (secondary N) is 2. The summed E-state index contributed by atoms with van der Waals surface area (Å²) in [5.41, 5.74) is 1.84. The summed E-state index contributed by atoms with van der Waals surface area (Å²) in [5.74, 6) is -0.0422. The van der Waals surface area contributed by atoms with Gasteiger partial charge in [-0.15, -0.1) is 11.3 Å². The van der Waals surface area contributed by atoms with E-state index >= 15 is 0 Å². The highest BCUT2D eigenvalue weighted by Gasteiger charge is 2.34. The predicted molar refractivity (Wildman–Crippen MR) is 136 cm³/mol. The molecule has 2 N–H and O–H groups in total. The first kappa shape index (κ1) is 25.3. The van der Waals surface area contributed by atoms with Crippen molar-refractivity contribution in [3.63, 3.8) is 0 Å². The number of hydrogen-bond acceptors (Lipinski definition) is 7. The Balaban J connectivity index is 1.60. The first-order valence-corrected chi connectivity index (χ1v) is 12.7. The van der Waals surface area contributed by atoms with Gasteiger partial charge in [-0.2, -0.15) is 0 Å². The number of carbonyl (C=O) groups excluding carboxylic acids is 2. The number of carbonyl (C=O) groups is 2. The fourth-order valence-electron chi connectivity index (χ4n) is 4.67. The molecule has 10 heteroatoms. The minimum atomic E-state index is -0.494. The number of nitro benzene ring substituents is 1. The summed E-state index contributed by atoms with van der Waals surface area (Å²) < 4.78 is 5.36. The summed E-state index contributed by atoms with van der Waals surface area (Å²) in [5, 5.41) is 17.5. The van der Waals surface area contributed by atoms with E-state index in [2.05, 4.69) is 31.4 Å². The van der Waals surface area contributed by atoms with Crippen LogP contribution in [-0.2, 0) is 22.4 Å². The van der Waals surface area contributed by atoms with E-state index in [0.29, 0.717) is 48.5 Å². The molecule has 9 nitrogen and oxygen atoms in total. The number of ether oxygens (including phenoxy) is 1. The smallest absolute Gasteiger partial charge is 0.271 e.